The summed E-state index contributed by atoms with van der Waals surface area (Å²) in [6, 6.07) is 14.5. The van der Waals surface area contributed by atoms with E-state index in [1.807, 2.05) is 19.1 Å². The molecule has 0 saturated carbocycles. The van der Waals surface area contributed by atoms with Crippen LogP contribution < -0.4 is 5.32 Å². The van der Waals surface area contributed by atoms with E-state index in [2.05, 4.69) is 35.6 Å². The van der Waals surface area contributed by atoms with Crippen LogP contribution in [0.25, 0.3) is 10.8 Å². The Morgan fingerprint density at radius 3 is 2.55 bits per heavy atom. The Kier molecular flexibility index (Phi) is 5.39. The zero-order valence-electron chi connectivity index (χ0n) is 13.4. The second-order valence-electron chi connectivity index (χ2n) is 5.97. The molecular weight excluding hydrogens is 276 g/mol. The fourth-order valence-electron chi connectivity index (χ4n) is 2.57. The van der Waals surface area contributed by atoms with Gasteiger partial charge in [0.25, 0.3) is 0 Å². The molecule has 0 bridgehead atoms. The highest BCUT2D eigenvalue weighted by Gasteiger charge is 2.13. The van der Waals surface area contributed by atoms with Crippen molar-refractivity contribution in [2.75, 3.05) is 13.6 Å². The van der Waals surface area contributed by atoms with Crippen molar-refractivity contribution in [1.82, 2.24) is 10.2 Å². The van der Waals surface area contributed by atoms with Crippen LogP contribution in [0.5, 0.6) is 0 Å². The van der Waals surface area contributed by atoms with Gasteiger partial charge in [0.15, 0.2) is 0 Å². The van der Waals surface area contributed by atoms with Crippen molar-refractivity contribution in [3.05, 3.63) is 48.0 Å². The lowest BCUT2D eigenvalue weighted by atomic mass is 10.0. The molecule has 2 rings (SSSR count). The van der Waals surface area contributed by atoms with Crippen LogP contribution in [0.3, 0.4) is 0 Å². The summed E-state index contributed by atoms with van der Waals surface area (Å²) in [6.07, 6.45) is 0.255. The number of carbonyl (C=O) groups excluding carboxylic acids is 1. The highest BCUT2D eigenvalue weighted by molar-refractivity contribution is 5.83. The summed E-state index contributed by atoms with van der Waals surface area (Å²) in [6.45, 7) is 3.99. The van der Waals surface area contributed by atoms with Gasteiger partial charge >= 0.3 is 6.03 Å². The Bertz CT molecular complexity index is 640. The topological polar surface area (TPSA) is 52.6 Å². The van der Waals surface area contributed by atoms with Crippen LogP contribution in [0, 0.1) is 0 Å². The summed E-state index contributed by atoms with van der Waals surface area (Å²) in [5.41, 5.74) is 1.20. The smallest absolute Gasteiger partial charge is 0.317 e. The Labute approximate surface area is 131 Å². The molecule has 4 nitrogen and oxygen atoms in total. The van der Waals surface area contributed by atoms with Crippen molar-refractivity contribution in [2.45, 2.75) is 32.4 Å². The van der Waals surface area contributed by atoms with E-state index in [9.17, 15) is 9.90 Å². The molecule has 4 heteroatoms. The van der Waals surface area contributed by atoms with Crippen LogP contribution in [0.2, 0.25) is 0 Å². The number of rotatable bonds is 5. The summed E-state index contributed by atoms with van der Waals surface area (Å²) < 4.78 is 0. The van der Waals surface area contributed by atoms with Crippen LogP contribution in [0.4, 0.5) is 4.79 Å². The second kappa shape index (κ2) is 7.27. The van der Waals surface area contributed by atoms with Gasteiger partial charge in [0.2, 0.25) is 0 Å². The normalized spacial score (nSPS) is 13.6. The molecule has 118 valence electrons. The molecule has 0 aliphatic rings. The molecule has 0 unspecified atom stereocenters. The number of nitrogens with one attached hydrogen (secondary N) is 1. The molecule has 0 saturated heterocycles. The minimum absolute atomic E-state index is 0.0325. The van der Waals surface area contributed by atoms with Gasteiger partial charge in [0, 0.05) is 19.6 Å². The van der Waals surface area contributed by atoms with Gasteiger partial charge in [-0.05, 0) is 36.6 Å². The van der Waals surface area contributed by atoms with Crippen molar-refractivity contribution in [3.8, 4) is 0 Å². The number of likely N-dealkylation sites (N-methyl/N-ethyl adjacent to an activating group) is 1. The lowest BCUT2D eigenvalue weighted by Gasteiger charge is -2.22. The Hall–Kier alpha value is -2.07. The number of aliphatic hydroxyl groups excluding tert-OH is 1. The number of hydrogen-bond donors (Lipinski definition) is 2. The molecule has 2 N–H and O–H groups in total. The summed E-state index contributed by atoms with van der Waals surface area (Å²) >= 11 is 0. The molecule has 0 spiro atoms. The van der Waals surface area contributed by atoms with E-state index >= 15 is 0 Å². The number of nitrogens with zero attached hydrogens (tertiary/aromatic N) is 1. The Balaban J connectivity index is 1.95. The SMILES string of the molecule is C[C@H](Cc1ccc2ccccc2c1)NC(=O)N(C)C[C@@H](C)O. The van der Waals surface area contributed by atoms with E-state index in [1.165, 1.54) is 21.2 Å². The van der Waals surface area contributed by atoms with Gasteiger partial charge in [-0.2, -0.15) is 0 Å². The number of urea groups is 1. The lowest BCUT2D eigenvalue weighted by molar-refractivity contribution is 0.142. The standard InChI is InChI=1S/C18H24N2O2/c1-13(19-18(22)20(3)12-14(2)21)10-15-8-9-16-6-4-5-7-17(16)11-15/h4-9,11,13-14,21H,10,12H2,1-3H3,(H,19,22)/t13-,14-/m1/s1. The van der Waals surface area contributed by atoms with Crippen molar-refractivity contribution >= 4 is 16.8 Å². The predicted octanol–water partition coefficient (Wildman–Crippen LogP) is 2.79. The number of hydrogen-bond acceptors (Lipinski definition) is 2. The van der Waals surface area contributed by atoms with Gasteiger partial charge in [-0.25, -0.2) is 4.79 Å². The van der Waals surface area contributed by atoms with Gasteiger partial charge in [-0.1, -0.05) is 42.5 Å². The fourth-order valence-corrected chi connectivity index (χ4v) is 2.57. The van der Waals surface area contributed by atoms with E-state index in [-0.39, 0.29) is 12.1 Å². The number of amides is 2. The average Bonchev–Trinajstić information content (AvgIpc) is 2.46. The third-order valence-corrected chi connectivity index (χ3v) is 3.61. The van der Waals surface area contributed by atoms with Gasteiger partial charge in [0.05, 0.1) is 6.10 Å². The molecule has 2 aromatic carbocycles. The minimum atomic E-state index is -0.522. The highest BCUT2D eigenvalue weighted by Crippen LogP contribution is 2.16. The third kappa shape index (κ3) is 4.46. The quantitative estimate of drug-likeness (QED) is 0.892. The van der Waals surface area contributed by atoms with E-state index in [1.54, 1.807) is 14.0 Å². The zero-order chi connectivity index (χ0) is 16.1. The van der Waals surface area contributed by atoms with Crippen molar-refractivity contribution in [2.24, 2.45) is 0 Å². The van der Waals surface area contributed by atoms with Gasteiger partial charge in [0.1, 0.15) is 0 Å². The van der Waals surface area contributed by atoms with E-state index < -0.39 is 6.10 Å². The molecule has 2 aromatic rings. The molecule has 22 heavy (non-hydrogen) atoms. The highest BCUT2D eigenvalue weighted by atomic mass is 16.3. The number of carbonyl (C=O) groups is 1. The first-order valence-corrected chi connectivity index (χ1v) is 7.63. The summed E-state index contributed by atoms with van der Waals surface area (Å²) in [7, 11) is 1.69. The first kappa shape index (κ1) is 16.3. The first-order valence-electron chi connectivity index (χ1n) is 7.63. The Morgan fingerprint density at radius 1 is 1.18 bits per heavy atom. The third-order valence-electron chi connectivity index (χ3n) is 3.61. The number of fused-ring (bicyclic) bond motifs is 1. The molecule has 0 aromatic heterocycles. The number of benzene rings is 2. The molecular formula is C18H24N2O2. The molecule has 0 heterocycles. The van der Waals surface area contributed by atoms with E-state index in [0.717, 1.165) is 6.42 Å². The molecule has 0 fully saturated rings. The largest absolute Gasteiger partial charge is 0.392 e. The van der Waals surface area contributed by atoms with Crippen molar-refractivity contribution < 1.29 is 9.90 Å². The molecule has 0 aliphatic carbocycles. The fraction of sp³-hybridized carbons (Fsp3) is 0.389. The van der Waals surface area contributed by atoms with Gasteiger partial charge in [-0.15, -0.1) is 0 Å². The summed E-state index contributed by atoms with van der Waals surface area (Å²) in [5.74, 6) is 0. The molecule has 0 aliphatic heterocycles. The predicted molar refractivity (Wildman–Crippen MR) is 90.0 cm³/mol. The summed E-state index contributed by atoms with van der Waals surface area (Å²) in [5, 5.41) is 14.7. The maximum atomic E-state index is 12.0. The van der Waals surface area contributed by atoms with E-state index in [4.69, 9.17) is 0 Å². The molecule has 2 amide bonds. The maximum Gasteiger partial charge on any atom is 0.317 e. The van der Waals surface area contributed by atoms with Crippen molar-refractivity contribution in [1.29, 1.82) is 0 Å². The first-order chi connectivity index (χ1) is 10.5. The lowest BCUT2D eigenvalue weighted by Crippen LogP contribution is -2.44. The second-order valence-corrected chi connectivity index (χ2v) is 5.97. The number of aliphatic hydroxyl groups is 1. The molecule has 0 radical (unpaired) electrons. The van der Waals surface area contributed by atoms with Crippen LogP contribution >= 0.6 is 0 Å². The monoisotopic (exact) mass is 300 g/mol. The Morgan fingerprint density at radius 2 is 1.86 bits per heavy atom. The molecule has 2 atom stereocenters. The summed E-state index contributed by atoms with van der Waals surface area (Å²) in [4.78, 5) is 13.5. The van der Waals surface area contributed by atoms with Crippen LogP contribution in [-0.2, 0) is 6.42 Å². The minimum Gasteiger partial charge on any atom is -0.392 e. The maximum absolute atomic E-state index is 12.0. The van der Waals surface area contributed by atoms with Crippen molar-refractivity contribution in [3.63, 3.8) is 0 Å². The van der Waals surface area contributed by atoms with Crippen LogP contribution in [0.1, 0.15) is 19.4 Å². The average molecular weight is 300 g/mol. The van der Waals surface area contributed by atoms with Gasteiger partial charge in [-0.3, -0.25) is 0 Å². The van der Waals surface area contributed by atoms with Gasteiger partial charge < -0.3 is 15.3 Å². The zero-order valence-corrected chi connectivity index (χ0v) is 13.4. The van der Waals surface area contributed by atoms with Crippen LogP contribution in [0.15, 0.2) is 42.5 Å². The van der Waals surface area contributed by atoms with E-state index in [0.29, 0.717) is 6.54 Å². The van der Waals surface area contributed by atoms with Crippen LogP contribution in [-0.4, -0.2) is 41.8 Å².